The van der Waals surface area contributed by atoms with Gasteiger partial charge in [0.05, 0.1) is 22.7 Å². The highest BCUT2D eigenvalue weighted by atomic mass is 35.5. The van der Waals surface area contributed by atoms with Crippen LogP contribution in [0.2, 0.25) is 5.02 Å². The van der Waals surface area contributed by atoms with Gasteiger partial charge >= 0.3 is 5.97 Å². The highest BCUT2D eigenvalue weighted by Gasteiger charge is 2.11. The summed E-state index contributed by atoms with van der Waals surface area (Å²) in [6, 6.07) is 15.7. The number of carbonyl (C=O) groups is 2. The molecule has 0 aliphatic heterocycles. The van der Waals surface area contributed by atoms with E-state index in [-0.39, 0.29) is 12.8 Å². The number of benzene rings is 2. The van der Waals surface area contributed by atoms with Gasteiger partial charge in [0.15, 0.2) is 0 Å². The summed E-state index contributed by atoms with van der Waals surface area (Å²) in [5.74, 6) is -1.37. The fourth-order valence-corrected chi connectivity index (χ4v) is 2.17. The molecule has 0 aromatic heterocycles. The van der Waals surface area contributed by atoms with Crippen molar-refractivity contribution in [1.82, 2.24) is 5.43 Å². The number of hydrogen-bond acceptors (Lipinski definition) is 3. The van der Waals surface area contributed by atoms with Crippen molar-refractivity contribution in [2.24, 2.45) is 5.10 Å². The van der Waals surface area contributed by atoms with Crippen molar-refractivity contribution in [2.75, 3.05) is 0 Å². The fourth-order valence-electron chi connectivity index (χ4n) is 1.94. The summed E-state index contributed by atoms with van der Waals surface area (Å²) in [5, 5.41) is 13.2. The zero-order valence-electron chi connectivity index (χ0n) is 12.2. The van der Waals surface area contributed by atoms with E-state index in [4.69, 9.17) is 16.7 Å². The van der Waals surface area contributed by atoms with Crippen molar-refractivity contribution in [2.45, 2.75) is 12.8 Å². The van der Waals surface area contributed by atoms with E-state index in [2.05, 4.69) is 10.5 Å². The molecule has 0 aliphatic carbocycles. The smallest absolute Gasteiger partial charge is 0.303 e. The van der Waals surface area contributed by atoms with Crippen molar-refractivity contribution in [3.63, 3.8) is 0 Å². The third-order valence-electron chi connectivity index (χ3n) is 3.09. The number of aliphatic carboxylic acids is 1. The molecular weight excluding hydrogens is 316 g/mol. The first kappa shape index (κ1) is 16.7. The SMILES string of the molecule is O=C(O)CC/C(=N\NC(=O)c1ccccc1Cl)c1ccccc1. The molecule has 1 amide bonds. The molecule has 0 bridgehead atoms. The number of nitrogens with zero attached hydrogens (tertiary/aromatic N) is 1. The summed E-state index contributed by atoms with van der Waals surface area (Å²) in [4.78, 5) is 22.9. The lowest BCUT2D eigenvalue weighted by Gasteiger charge is -2.07. The molecule has 0 atom stereocenters. The van der Waals surface area contributed by atoms with E-state index in [0.29, 0.717) is 16.3 Å². The quantitative estimate of drug-likeness (QED) is 0.629. The zero-order chi connectivity index (χ0) is 16.7. The molecule has 0 aliphatic rings. The maximum atomic E-state index is 12.1. The van der Waals surface area contributed by atoms with Crippen LogP contribution in [0.3, 0.4) is 0 Å². The van der Waals surface area contributed by atoms with E-state index in [0.717, 1.165) is 5.56 Å². The number of carbonyl (C=O) groups excluding carboxylic acids is 1. The molecule has 23 heavy (non-hydrogen) atoms. The largest absolute Gasteiger partial charge is 0.481 e. The summed E-state index contributed by atoms with van der Waals surface area (Å²) < 4.78 is 0. The summed E-state index contributed by atoms with van der Waals surface area (Å²) in [6.07, 6.45) is 0.137. The van der Waals surface area contributed by atoms with Gasteiger partial charge in [0.1, 0.15) is 0 Å². The molecule has 5 nitrogen and oxygen atoms in total. The van der Waals surface area contributed by atoms with Crippen molar-refractivity contribution >= 4 is 29.2 Å². The van der Waals surface area contributed by atoms with E-state index in [1.807, 2.05) is 30.3 Å². The van der Waals surface area contributed by atoms with E-state index in [1.165, 1.54) is 0 Å². The van der Waals surface area contributed by atoms with Crippen molar-refractivity contribution in [3.8, 4) is 0 Å². The minimum atomic E-state index is -0.925. The fraction of sp³-hybridized carbons (Fsp3) is 0.118. The molecule has 6 heteroatoms. The molecule has 0 unspecified atom stereocenters. The molecule has 0 radical (unpaired) electrons. The summed E-state index contributed by atoms with van der Waals surface area (Å²) in [5.41, 5.74) is 3.99. The Hall–Kier alpha value is -2.66. The Labute approximate surface area is 138 Å². The lowest BCUT2D eigenvalue weighted by Crippen LogP contribution is -2.21. The first-order chi connectivity index (χ1) is 11.1. The predicted octanol–water partition coefficient (Wildman–Crippen LogP) is 3.34. The van der Waals surface area contributed by atoms with Gasteiger partial charge in [0.2, 0.25) is 0 Å². The molecule has 2 rings (SSSR count). The number of rotatable bonds is 6. The second-order valence-electron chi connectivity index (χ2n) is 4.74. The monoisotopic (exact) mass is 330 g/mol. The van der Waals surface area contributed by atoms with E-state index < -0.39 is 11.9 Å². The van der Waals surface area contributed by atoms with Crippen LogP contribution in [0.25, 0.3) is 0 Å². The number of nitrogens with one attached hydrogen (secondary N) is 1. The lowest BCUT2D eigenvalue weighted by molar-refractivity contribution is -0.136. The Morgan fingerprint density at radius 1 is 1.00 bits per heavy atom. The second-order valence-corrected chi connectivity index (χ2v) is 5.15. The standard InChI is InChI=1S/C17H15ClN2O3/c18-14-9-5-4-8-13(14)17(23)20-19-15(10-11-16(21)22)12-6-2-1-3-7-12/h1-9H,10-11H2,(H,20,23)(H,21,22)/b19-15+. The topological polar surface area (TPSA) is 78.8 Å². The predicted molar refractivity (Wildman–Crippen MR) is 88.8 cm³/mol. The number of carboxylic acid groups (broad SMARTS) is 1. The Kier molecular flexibility index (Phi) is 5.88. The molecule has 0 heterocycles. The molecule has 0 saturated carbocycles. The molecule has 0 fully saturated rings. The number of amides is 1. The van der Waals surface area contributed by atoms with Crippen LogP contribution < -0.4 is 5.43 Å². The average molecular weight is 331 g/mol. The minimum Gasteiger partial charge on any atom is -0.481 e. The average Bonchev–Trinajstić information content (AvgIpc) is 2.55. The van der Waals surface area contributed by atoms with Gasteiger partial charge in [-0.05, 0) is 17.7 Å². The third kappa shape index (κ3) is 4.93. The van der Waals surface area contributed by atoms with Gasteiger partial charge in [-0.25, -0.2) is 5.43 Å². The minimum absolute atomic E-state index is 0.0737. The van der Waals surface area contributed by atoms with Crippen LogP contribution in [-0.4, -0.2) is 22.7 Å². The van der Waals surface area contributed by atoms with Crippen LogP contribution in [0.15, 0.2) is 59.7 Å². The Bertz CT molecular complexity index is 730. The van der Waals surface area contributed by atoms with Gasteiger partial charge in [0.25, 0.3) is 5.91 Å². The van der Waals surface area contributed by atoms with Crippen LogP contribution in [0.1, 0.15) is 28.8 Å². The zero-order valence-corrected chi connectivity index (χ0v) is 13.0. The third-order valence-corrected chi connectivity index (χ3v) is 3.42. The van der Waals surface area contributed by atoms with E-state index >= 15 is 0 Å². The maximum Gasteiger partial charge on any atom is 0.303 e. The Morgan fingerprint density at radius 3 is 2.30 bits per heavy atom. The molecule has 2 N–H and O–H groups in total. The van der Waals surface area contributed by atoms with Crippen LogP contribution in [0, 0.1) is 0 Å². The van der Waals surface area contributed by atoms with E-state index in [9.17, 15) is 9.59 Å². The molecule has 118 valence electrons. The van der Waals surface area contributed by atoms with Crippen LogP contribution in [0.4, 0.5) is 0 Å². The van der Waals surface area contributed by atoms with Gasteiger partial charge in [-0.1, -0.05) is 54.1 Å². The number of hydrogen-bond donors (Lipinski definition) is 2. The molecule has 2 aromatic rings. The van der Waals surface area contributed by atoms with Crippen molar-refractivity contribution in [3.05, 3.63) is 70.7 Å². The second kappa shape index (κ2) is 8.10. The summed E-state index contributed by atoms with van der Waals surface area (Å²) >= 11 is 5.97. The number of hydrazone groups is 1. The number of halogens is 1. The highest BCUT2D eigenvalue weighted by molar-refractivity contribution is 6.33. The first-order valence-electron chi connectivity index (χ1n) is 6.96. The normalized spacial score (nSPS) is 11.1. The summed E-state index contributed by atoms with van der Waals surface area (Å²) in [7, 11) is 0. The molecule has 2 aromatic carbocycles. The molecule has 0 spiro atoms. The van der Waals surface area contributed by atoms with Gasteiger partial charge in [0, 0.05) is 6.42 Å². The van der Waals surface area contributed by atoms with Crippen molar-refractivity contribution < 1.29 is 14.7 Å². The van der Waals surface area contributed by atoms with Crippen molar-refractivity contribution in [1.29, 1.82) is 0 Å². The van der Waals surface area contributed by atoms with Crippen LogP contribution in [0.5, 0.6) is 0 Å². The lowest BCUT2D eigenvalue weighted by atomic mass is 10.1. The first-order valence-corrected chi connectivity index (χ1v) is 7.34. The van der Waals surface area contributed by atoms with Crippen LogP contribution >= 0.6 is 11.6 Å². The van der Waals surface area contributed by atoms with Gasteiger partial charge in [-0.15, -0.1) is 0 Å². The van der Waals surface area contributed by atoms with Crippen LogP contribution in [-0.2, 0) is 4.79 Å². The number of carboxylic acids is 1. The van der Waals surface area contributed by atoms with Gasteiger partial charge < -0.3 is 5.11 Å². The Balaban J connectivity index is 2.18. The van der Waals surface area contributed by atoms with Gasteiger partial charge in [-0.3, -0.25) is 9.59 Å². The summed E-state index contributed by atoms with van der Waals surface area (Å²) in [6.45, 7) is 0. The van der Waals surface area contributed by atoms with Gasteiger partial charge in [-0.2, -0.15) is 5.10 Å². The van der Waals surface area contributed by atoms with E-state index in [1.54, 1.807) is 24.3 Å². The maximum absolute atomic E-state index is 12.1. The highest BCUT2D eigenvalue weighted by Crippen LogP contribution is 2.14. The molecular formula is C17H15ClN2O3. The Morgan fingerprint density at radius 2 is 1.65 bits per heavy atom. The molecule has 0 saturated heterocycles.